The van der Waals surface area contributed by atoms with E-state index in [1.165, 1.54) is 17.3 Å². The van der Waals surface area contributed by atoms with Gasteiger partial charge in [-0.05, 0) is 20.8 Å². The average Bonchev–Trinajstić information content (AvgIpc) is 2.26. The van der Waals surface area contributed by atoms with Crippen LogP contribution in [0.25, 0.3) is 0 Å². The molecule has 1 rings (SSSR count). The molecule has 0 spiro atoms. The summed E-state index contributed by atoms with van der Waals surface area (Å²) in [6.45, 7) is 5.58. The van der Waals surface area contributed by atoms with Gasteiger partial charge >= 0.3 is 5.97 Å². The maximum absolute atomic E-state index is 12.3. The highest BCUT2D eigenvalue weighted by Crippen LogP contribution is 2.17. The third kappa shape index (κ3) is 4.48. The molecule has 0 radical (unpaired) electrons. The first-order valence-corrected chi connectivity index (χ1v) is 6.11. The second kappa shape index (κ2) is 5.97. The summed E-state index contributed by atoms with van der Waals surface area (Å²) in [6.07, 6.45) is 2.52. The zero-order valence-electron chi connectivity index (χ0n) is 11.1. The first kappa shape index (κ1) is 15.4. The first-order valence-electron chi connectivity index (χ1n) is 5.73. The van der Waals surface area contributed by atoms with E-state index in [9.17, 15) is 9.59 Å². The average molecular weight is 286 g/mol. The number of carbonyl (C=O) groups excluding carboxylic acids is 1. The zero-order valence-corrected chi connectivity index (χ0v) is 11.8. The molecule has 0 aliphatic rings. The molecule has 0 saturated carbocycles. The third-order valence-corrected chi connectivity index (χ3v) is 2.61. The summed E-state index contributed by atoms with van der Waals surface area (Å²) in [5.41, 5.74) is -0.413. The summed E-state index contributed by atoms with van der Waals surface area (Å²) in [5, 5.41) is 8.86. The van der Waals surface area contributed by atoms with Gasteiger partial charge in [-0.15, -0.1) is 0 Å². The predicted molar refractivity (Wildman–Crippen MR) is 70.1 cm³/mol. The van der Waals surface area contributed by atoms with E-state index in [1.54, 1.807) is 0 Å². The number of hydrogen-bond donors (Lipinski definition) is 1. The Bertz CT molecular complexity index is 485. The molecule has 1 heterocycles. The van der Waals surface area contributed by atoms with Crippen molar-refractivity contribution in [2.45, 2.75) is 32.7 Å². The first-order chi connectivity index (χ1) is 8.71. The van der Waals surface area contributed by atoms with Crippen LogP contribution in [-0.2, 0) is 4.79 Å². The molecule has 0 bridgehead atoms. The molecular formula is C12H16ClN3O3. The Hall–Kier alpha value is -1.69. The van der Waals surface area contributed by atoms with Gasteiger partial charge in [0.25, 0.3) is 5.91 Å². The fraction of sp³-hybridized carbons (Fsp3) is 0.500. The number of aliphatic carboxylic acids is 1. The van der Waals surface area contributed by atoms with Gasteiger partial charge in [-0.25, -0.2) is 4.98 Å². The maximum atomic E-state index is 12.3. The van der Waals surface area contributed by atoms with Crippen molar-refractivity contribution in [1.82, 2.24) is 14.9 Å². The number of carboxylic acids is 1. The number of rotatable bonds is 4. The Balaban J connectivity index is 2.97. The van der Waals surface area contributed by atoms with Crippen molar-refractivity contribution in [3.8, 4) is 0 Å². The van der Waals surface area contributed by atoms with Crippen LogP contribution >= 0.6 is 11.6 Å². The van der Waals surface area contributed by atoms with Gasteiger partial charge in [-0.1, -0.05) is 11.6 Å². The molecule has 0 aliphatic heterocycles. The van der Waals surface area contributed by atoms with Crippen molar-refractivity contribution in [3.05, 3.63) is 23.2 Å². The van der Waals surface area contributed by atoms with Crippen LogP contribution in [0.3, 0.4) is 0 Å². The van der Waals surface area contributed by atoms with E-state index in [0.717, 1.165) is 0 Å². The summed E-state index contributed by atoms with van der Waals surface area (Å²) < 4.78 is 0. The van der Waals surface area contributed by atoms with E-state index in [1.807, 2.05) is 20.8 Å². The highest BCUT2D eigenvalue weighted by molar-refractivity contribution is 6.29. The van der Waals surface area contributed by atoms with E-state index in [4.69, 9.17) is 16.7 Å². The van der Waals surface area contributed by atoms with Crippen molar-refractivity contribution in [2.24, 2.45) is 0 Å². The molecule has 6 nitrogen and oxygen atoms in total. The largest absolute Gasteiger partial charge is 0.481 e. The van der Waals surface area contributed by atoms with Crippen LogP contribution in [-0.4, -0.2) is 43.9 Å². The van der Waals surface area contributed by atoms with E-state index in [0.29, 0.717) is 0 Å². The molecule has 0 unspecified atom stereocenters. The number of halogens is 1. The minimum Gasteiger partial charge on any atom is -0.481 e. The molecule has 0 aromatic carbocycles. The summed E-state index contributed by atoms with van der Waals surface area (Å²) >= 11 is 5.70. The van der Waals surface area contributed by atoms with Gasteiger partial charge in [0, 0.05) is 12.1 Å². The molecule has 0 fully saturated rings. The molecule has 0 saturated heterocycles. The van der Waals surface area contributed by atoms with Gasteiger partial charge in [0.1, 0.15) is 10.8 Å². The third-order valence-electron chi connectivity index (χ3n) is 2.43. The molecule has 1 aromatic heterocycles. The minimum absolute atomic E-state index is 0.103. The quantitative estimate of drug-likeness (QED) is 0.912. The van der Waals surface area contributed by atoms with Crippen LogP contribution in [0.2, 0.25) is 5.15 Å². The van der Waals surface area contributed by atoms with Crippen LogP contribution in [0.15, 0.2) is 12.4 Å². The molecule has 104 valence electrons. The molecule has 0 atom stereocenters. The van der Waals surface area contributed by atoms with Crippen LogP contribution in [0, 0.1) is 0 Å². The predicted octanol–water partition coefficient (Wildman–Crippen LogP) is 1.85. The van der Waals surface area contributed by atoms with Crippen molar-refractivity contribution >= 4 is 23.5 Å². The summed E-state index contributed by atoms with van der Waals surface area (Å²) in [6, 6.07) is 0. The number of carboxylic acid groups (broad SMARTS) is 1. The van der Waals surface area contributed by atoms with Gasteiger partial charge in [-0.2, -0.15) is 0 Å². The Morgan fingerprint density at radius 2 is 2.00 bits per heavy atom. The number of amides is 1. The molecule has 19 heavy (non-hydrogen) atoms. The molecule has 7 heteroatoms. The Morgan fingerprint density at radius 3 is 2.47 bits per heavy atom. The van der Waals surface area contributed by atoms with Crippen LogP contribution < -0.4 is 0 Å². The van der Waals surface area contributed by atoms with Crippen molar-refractivity contribution in [1.29, 1.82) is 0 Å². The minimum atomic E-state index is -0.959. The van der Waals surface area contributed by atoms with Crippen LogP contribution in [0.5, 0.6) is 0 Å². The Morgan fingerprint density at radius 1 is 1.37 bits per heavy atom. The topological polar surface area (TPSA) is 83.4 Å². The Kier molecular flexibility index (Phi) is 4.83. The van der Waals surface area contributed by atoms with E-state index in [2.05, 4.69) is 9.97 Å². The molecule has 1 N–H and O–H groups in total. The van der Waals surface area contributed by atoms with Gasteiger partial charge in [-0.3, -0.25) is 14.6 Å². The highest BCUT2D eigenvalue weighted by Gasteiger charge is 2.28. The number of nitrogens with zero attached hydrogens (tertiary/aromatic N) is 3. The van der Waals surface area contributed by atoms with Crippen molar-refractivity contribution in [3.63, 3.8) is 0 Å². The normalized spacial score (nSPS) is 11.2. The lowest BCUT2D eigenvalue weighted by atomic mass is 10.0. The van der Waals surface area contributed by atoms with E-state index < -0.39 is 11.5 Å². The van der Waals surface area contributed by atoms with Gasteiger partial charge < -0.3 is 10.0 Å². The summed E-state index contributed by atoms with van der Waals surface area (Å²) in [5.74, 6) is -1.34. The van der Waals surface area contributed by atoms with Crippen molar-refractivity contribution < 1.29 is 14.7 Å². The molecular weight excluding hydrogens is 270 g/mol. The smallest absolute Gasteiger partial charge is 0.305 e. The number of carbonyl (C=O) groups is 2. The van der Waals surface area contributed by atoms with Gasteiger partial charge in [0.2, 0.25) is 0 Å². The summed E-state index contributed by atoms with van der Waals surface area (Å²) in [4.78, 5) is 32.1. The van der Waals surface area contributed by atoms with Crippen LogP contribution in [0.4, 0.5) is 0 Å². The summed E-state index contributed by atoms with van der Waals surface area (Å²) in [7, 11) is 0. The highest BCUT2D eigenvalue weighted by atomic mass is 35.5. The molecule has 1 aromatic rings. The fourth-order valence-electron chi connectivity index (χ4n) is 1.53. The lowest BCUT2D eigenvalue weighted by Gasteiger charge is -2.35. The van der Waals surface area contributed by atoms with E-state index in [-0.39, 0.29) is 29.7 Å². The fourth-order valence-corrected chi connectivity index (χ4v) is 1.68. The lowest BCUT2D eigenvalue weighted by Crippen LogP contribution is -2.47. The van der Waals surface area contributed by atoms with Crippen LogP contribution in [0.1, 0.15) is 37.7 Å². The lowest BCUT2D eigenvalue weighted by molar-refractivity contribution is -0.137. The van der Waals surface area contributed by atoms with Gasteiger partial charge in [0.05, 0.1) is 18.8 Å². The zero-order chi connectivity index (χ0) is 14.6. The molecule has 1 amide bonds. The number of aromatic nitrogens is 2. The van der Waals surface area contributed by atoms with Gasteiger partial charge in [0.15, 0.2) is 0 Å². The monoisotopic (exact) mass is 285 g/mol. The second-order valence-corrected chi connectivity index (χ2v) is 5.39. The standard InChI is InChI=1S/C12H16ClN3O3/c1-12(2,3)16(5-4-10(17)18)11(19)8-6-14-7-9(13)15-8/h6-7H,4-5H2,1-3H3,(H,17,18). The molecule has 0 aliphatic carbocycles. The number of hydrogen-bond acceptors (Lipinski definition) is 4. The second-order valence-electron chi connectivity index (χ2n) is 5.00. The van der Waals surface area contributed by atoms with E-state index >= 15 is 0 Å². The van der Waals surface area contributed by atoms with Crippen molar-refractivity contribution in [2.75, 3.05) is 6.54 Å². The maximum Gasteiger partial charge on any atom is 0.305 e. The SMILES string of the molecule is CC(C)(C)N(CCC(=O)O)C(=O)c1cncc(Cl)n1. The Labute approximate surface area is 116 Å².